The summed E-state index contributed by atoms with van der Waals surface area (Å²) < 4.78 is 5.61. The molecule has 1 aromatic carbocycles. The maximum Gasteiger partial charge on any atom is 0.222 e. The van der Waals surface area contributed by atoms with Gasteiger partial charge in [0.25, 0.3) is 0 Å². The Balaban J connectivity index is 1.61. The molecule has 0 saturated carbocycles. The molecular formula is C18H28N2O3. The maximum absolute atomic E-state index is 12.2. The van der Waals surface area contributed by atoms with Crippen LogP contribution in [-0.4, -0.2) is 65.7 Å². The molecule has 0 aromatic heterocycles. The highest BCUT2D eigenvalue weighted by Crippen LogP contribution is 2.11. The number of carbonyl (C=O) groups is 1. The summed E-state index contributed by atoms with van der Waals surface area (Å²) in [6, 6.07) is 9.67. The van der Waals surface area contributed by atoms with E-state index in [1.54, 1.807) is 0 Å². The van der Waals surface area contributed by atoms with Crippen molar-refractivity contribution >= 4 is 5.91 Å². The van der Waals surface area contributed by atoms with Gasteiger partial charge in [-0.2, -0.15) is 0 Å². The molecule has 128 valence electrons. The molecule has 1 aliphatic rings. The Morgan fingerprint density at radius 1 is 1.17 bits per heavy atom. The second-order valence-corrected chi connectivity index (χ2v) is 6.73. The topological polar surface area (TPSA) is 53.0 Å². The second kappa shape index (κ2) is 8.31. The van der Waals surface area contributed by atoms with Crippen molar-refractivity contribution in [3.63, 3.8) is 0 Å². The van der Waals surface area contributed by atoms with Crippen molar-refractivity contribution in [1.29, 1.82) is 0 Å². The van der Waals surface area contributed by atoms with Crippen molar-refractivity contribution in [3.8, 4) is 5.75 Å². The molecule has 23 heavy (non-hydrogen) atoms. The monoisotopic (exact) mass is 320 g/mol. The third-order valence-electron chi connectivity index (χ3n) is 3.88. The number of hydrogen-bond donors (Lipinski definition) is 1. The van der Waals surface area contributed by atoms with Gasteiger partial charge in [-0.15, -0.1) is 0 Å². The van der Waals surface area contributed by atoms with Gasteiger partial charge in [-0.25, -0.2) is 0 Å². The van der Waals surface area contributed by atoms with Gasteiger partial charge in [0, 0.05) is 39.1 Å². The average molecular weight is 320 g/mol. The number of ether oxygens (including phenoxy) is 1. The van der Waals surface area contributed by atoms with Crippen LogP contribution in [0, 0.1) is 0 Å². The Morgan fingerprint density at radius 3 is 2.43 bits per heavy atom. The van der Waals surface area contributed by atoms with Gasteiger partial charge < -0.3 is 14.7 Å². The van der Waals surface area contributed by atoms with Gasteiger partial charge in [-0.05, 0) is 32.4 Å². The Kier molecular flexibility index (Phi) is 6.42. The third-order valence-corrected chi connectivity index (χ3v) is 3.88. The first-order valence-corrected chi connectivity index (χ1v) is 8.34. The van der Waals surface area contributed by atoms with Crippen molar-refractivity contribution in [3.05, 3.63) is 30.3 Å². The molecule has 0 atom stereocenters. The van der Waals surface area contributed by atoms with Crippen LogP contribution in [0.1, 0.15) is 26.7 Å². The fraction of sp³-hybridized carbons (Fsp3) is 0.611. The largest absolute Gasteiger partial charge is 0.494 e. The molecule has 5 heteroatoms. The number of para-hydroxylation sites is 1. The number of amides is 1. The quantitative estimate of drug-likeness (QED) is 0.778. The van der Waals surface area contributed by atoms with E-state index in [0.717, 1.165) is 38.3 Å². The normalized spacial score (nSPS) is 16.4. The van der Waals surface area contributed by atoms with E-state index in [1.807, 2.05) is 49.1 Å². The Bertz CT molecular complexity index is 477. The van der Waals surface area contributed by atoms with Gasteiger partial charge >= 0.3 is 0 Å². The van der Waals surface area contributed by atoms with Gasteiger partial charge in [0.15, 0.2) is 0 Å². The molecule has 1 aromatic rings. The number of β-amino-alcohol motifs (C(OH)–C–C–N with tert-alkyl or cyclic N) is 1. The highest BCUT2D eigenvalue weighted by atomic mass is 16.5. The van der Waals surface area contributed by atoms with E-state index in [1.165, 1.54) is 0 Å². The summed E-state index contributed by atoms with van der Waals surface area (Å²) in [6.07, 6.45) is 1.26. The molecule has 1 aliphatic heterocycles. The summed E-state index contributed by atoms with van der Waals surface area (Å²) in [5, 5.41) is 9.85. The summed E-state index contributed by atoms with van der Waals surface area (Å²) in [5.74, 6) is 1.05. The smallest absolute Gasteiger partial charge is 0.222 e. The summed E-state index contributed by atoms with van der Waals surface area (Å²) in [4.78, 5) is 16.3. The van der Waals surface area contributed by atoms with Gasteiger partial charge in [-0.3, -0.25) is 9.69 Å². The third kappa shape index (κ3) is 6.59. The number of piperazine rings is 1. The molecule has 5 nitrogen and oxygen atoms in total. The van der Waals surface area contributed by atoms with Crippen molar-refractivity contribution < 1.29 is 14.6 Å². The number of nitrogens with zero attached hydrogens (tertiary/aromatic N) is 2. The van der Waals surface area contributed by atoms with Gasteiger partial charge in [0.1, 0.15) is 5.75 Å². The lowest BCUT2D eigenvalue weighted by molar-refractivity contribution is -0.133. The lowest BCUT2D eigenvalue weighted by Gasteiger charge is -2.37. The average Bonchev–Trinajstić information content (AvgIpc) is 2.51. The van der Waals surface area contributed by atoms with Crippen LogP contribution < -0.4 is 4.74 Å². The number of hydrogen-bond acceptors (Lipinski definition) is 4. The highest BCUT2D eigenvalue weighted by Gasteiger charge is 2.24. The minimum Gasteiger partial charge on any atom is -0.494 e. The molecular weight excluding hydrogens is 292 g/mol. The van der Waals surface area contributed by atoms with Crippen molar-refractivity contribution in [1.82, 2.24) is 9.80 Å². The van der Waals surface area contributed by atoms with Crippen LogP contribution in [-0.2, 0) is 4.79 Å². The zero-order valence-electron chi connectivity index (χ0n) is 14.2. The molecule has 0 unspecified atom stereocenters. The van der Waals surface area contributed by atoms with Crippen LogP contribution in [0.25, 0.3) is 0 Å². The first-order chi connectivity index (χ1) is 10.9. The lowest BCUT2D eigenvalue weighted by atomic mass is 10.1. The molecule has 0 radical (unpaired) electrons. The van der Waals surface area contributed by atoms with E-state index in [0.29, 0.717) is 19.6 Å². The summed E-state index contributed by atoms with van der Waals surface area (Å²) >= 11 is 0. The van der Waals surface area contributed by atoms with Gasteiger partial charge in [0.05, 0.1) is 12.2 Å². The van der Waals surface area contributed by atoms with Crippen LogP contribution in [0.3, 0.4) is 0 Å². The molecule has 1 N–H and O–H groups in total. The minimum absolute atomic E-state index is 0.199. The van der Waals surface area contributed by atoms with Crippen LogP contribution in [0.4, 0.5) is 0 Å². The van der Waals surface area contributed by atoms with E-state index in [2.05, 4.69) is 4.90 Å². The molecule has 1 amide bonds. The predicted octanol–water partition coefficient (Wildman–Crippen LogP) is 1.76. The standard InChI is InChI=1S/C18H28N2O3/c1-18(2,22)15-19-10-12-20(13-11-19)17(21)9-6-14-23-16-7-4-3-5-8-16/h3-5,7-8,22H,6,9-15H2,1-2H3. The van der Waals surface area contributed by atoms with Gasteiger partial charge in [-0.1, -0.05) is 18.2 Å². The van der Waals surface area contributed by atoms with Crippen LogP contribution >= 0.6 is 0 Å². The van der Waals surface area contributed by atoms with E-state index >= 15 is 0 Å². The first-order valence-electron chi connectivity index (χ1n) is 8.34. The molecule has 1 fully saturated rings. The molecule has 0 aliphatic carbocycles. The fourth-order valence-corrected chi connectivity index (χ4v) is 2.79. The number of aliphatic hydroxyl groups is 1. The van der Waals surface area contributed by atoms with Crippen molar-refractivity contribution in [2.45, 2.75) is 32.3 Å². The molecule has 1 heterocycles. The van der Waals surface area contributed by atoms with E-state index in [9.17, 15) is 9.90 Å². The van der Waals surface area contributed by atoms with Crippen LogP contribution in [0.5, 0.6) is 5.75 Å². The SMILES string of the molecule is CC(C)(O)CN1CCN(C(=O)CCCOc2ccccc2)CC1. The second-order valence-electron chi connectivity index (χ2n) is 6.73. The van der Waals surface area contributed by atoms with E-state index in [4.69, 9.17) is 4.74 Å². The summed E-state index contributed by atoms with van der Waals surface area (Å²) in [7, 11) is 0. The summed E-state index contributed by atoms with van der Waals surface area (Å²) in [6.45, 7) is 8.00. The molecule has 0 spiro atoms. The number of carbonyl (C=O) groups excluding carboxylic acids is 1. The minimum atomic E-state index is -0.680. The maximum atomic E-state index is 12.2. The van der Waals surface area contributed by atoms with Crippen molar-refractivity contribution in [2.75, 3.05) is 39.3 Å². The Hall–Kier alpha value is -1.59. The summed E-state index contributed by atoms with van der Waals surface area (Å²) in [5.41, 5.74) is -0.680. The zero-order valence-corrected chi connectivity index (χ0v) is 14.2. The first kappa shape index (κ1) is 17.8. The molecule has 2 rings (SSSR count). The van der Waals surface area contributed by atoms with Crippen LogP contribution in [0.2, 0.25) is 0 Å². The zero-order chi connectivity index (χ0) is 16.7. The predicted molar refractivity (Wildman–Crippen MR) is 90.5 cm³/mol. The number of rotatable bonds is 7. The van der Waals surface area contributed by atoms with Gasteiger partial charge in [0.2, 0.25) is 5.91 Å². The molecule has 1 saturated heterocycles. The van der Waals surface area contributed by atoms with Crippen LogP contribution in [0.15, 0.2) is 30.3 Å². The van der Waals surface area contributed by atoms with E-state index < -0.39 is 5.60 Å². The van der Waals surface area contributed by atoms with E-state index in [-0.39, 0.29) is 5.91 Å². The number of benzene rings is 1. The Morgan fingerprint density at radius 2 is 1.83 bits per heavy atom. The molecule has 0 bridgehead atoms. The lowest BCUT2D eigenvalue weighted by Crippen LogP contribution is -2.52. The Labute approximate surface area is 138 Å². The fourth-order valence-electron chi connectivity index (χ4n) is 2.79. The highest BCUT2D eigenvalue weighted by molar-refractivity contribution is 5.76. The van der Waals surface area contributed by atoms with Crippen molar-refractivity contribution in [2.24, 2.45) is 0 Å².